The van der Waals surface area contributed by atoms with Gasteiger partial charge in [0.15, 0.2) is 5.78 Å². The van der Waals surface area contributed by atoms with Crippen molar-refractivity contribution in [1.82, 2.24) is 0 Å². The van der Waals surface area contributed by atoms with Crippen LogP contribution in [0.3, 0.4) is 0 Å². The fourth-order valence-electron chi connectivity index (χ4n) is 2.33. The molecule has 1 aliphatic heterocycles. The van der Waals surface area contributed by atoms with Gasteiger partial charge in [0.05, 0.1) is 12.0 Å². The summed E-state index contributed by atoms with van der Waals surface area (Å²) in [5.74, 6) is -0.475. The van der Waals surface area contributed by atoms with Crippen LogP contribution in [0.2, 0.25) is 0 Å². The van der Waals surface area contributed by atoms with Crippen LogP contribution in [-0.4, -0.2) is 16.9 Å². The van der Waals surface area contributed by atoms with E-state index in [2.05, 4.69) is 0 Å². The lowest BCUT2D eigenvalue weighted by Crippen LogP contribution is -2.06. The number of para-hydroxylation sites is 1. The molecule has 0 unspecified atom stereocenters. The number of benzene rings is 2. The Morgan fingerprint density at radius 3 is 2.75 bits per heavy atom. The van der Waals surface area contributed by atoms with Crippen molar-refractivity contribution in [3.63, 3.8) is 0 Å². The largest absolute Gasteiger partial charge is 0.488 e. The van der Waals surface area contributed by atoms with Gasteiger partial charge in [-0.1, -0.05) is 24.3 Å². The zero-order valence-corrected chi connectivity index (χ0v) is 10.6. The normalized spacial score (nSPS) is 12.9. The van der Waals surface area contributed by atoms with Crippen LogP contribution in [0.1, 0.15) is 27.0 Å². The maximum atomic E-state index is 12.5. The highest BCUT2D eigenvalue weighted by atomic mass is 16.5. The molecule has 4 nitrogen and oxygen atoms in total. The van der Waals surface area contributed by atoms with E-state index in [1.807, 2.05) is 6.07 Å². The lowest BCUT2D eigenvalue weighted by molar-refractivity contribution is -0.136. The highest BCUT2D eigenvalue weighted by Crippen LogP contribution is 2.28. The van der Waals surface area contributed by atoms with Crippen LogP contribution in [-0.2, 0) is 17.8 Å². The first-order valence-electron chi connectivity index (χ1n) is 6.25. The van der Waals surface area contributed by atoms with Crippen molar-refractivity contribution in [2.75, 3.05) is 0 Å². The van der Waals surface area contributed by atoms with Gasteiger partial charge >= 0.3 is 5.97 Å². The maximum absolute atomic E-state index is 12.5. The fourth-order valence-corrected chi connectivity index (χ4v) is 2.33. The minimum Gasteiger partial charge on any atom is -0.488 e. The van der Waals surface area contributed by atoms with Gasteiger partial charge in [-0.15, -0.1) is 0 Å². The van der Waals surface area contributed by atoms with E-state index >= 15 is 0 Å². The topological polar surface area (TPSA) is 63.6 Å². The zero-order valence-electron chi connectivity index (χ0n) is 10.6. The quantitative estimate of drug-likeness (QED) is 0.908. The van der Waals surface area contributed by atoms with Crippen LogP contribution in [0.25, 0.3) is 0 Å². The van der Waals surface area contributed by atoms with E-state index < -0.39 is 5.97 Å². The summed E-state index contributed by atoms with van der Waals surface area (Å²) >= 11 is 0. The van der Waals surface area contributed by atoms with E-state index in [1.54, 1.807) is 36.4 Å². The van der Waals surface area contributed by atoms with Gasteiger partial charge in [0.2, 0.25) is 0 Å². The van der Waals surface area contributed by atoms with Crippen LogP contribution in [0, 0.1) is 0 Å². The van der Waals surface area contributed by atoms with E-state index in [0.717, 1.165) is 5.56 Å². The number of fused-ring (bicyclic) bond motifs is 2. The Labute approximate surface area is 115 Å². The molecule has 100 valence electrons. The number of aliphatic carboxylic acids is 1. The average Bonchev–Trinajstić information content (AvgIpc) is 2.57. The Bertz CT molecular complexity index is 703. The first-order chi connectivity index (χ1) is 9.65. The van der Waals surface area contributed by atoms with E-state index in [9.17, 15) is 9.59 Å². The first-order valence-corrected chi connectivity index (χ1v) is 6.25. The molecule has 0 radical (unpaired) electrons. The summed E-state index contributed by atoms with van der Waals surface area (Å²) in [7, 11) is 0. The number of ketones is 1. The number of hydrogen-bond donors (Lipinski definition) is 1. The molecule has 3 rings (SSSR count). The second-order valence-electron chi connectivity index (χ2n) is 4.68. The molecular weight excluding hydrogens is 256 g/mol. The van der Waals surface area contributed by atoms with Crippen molar-refractivity contribution < 1.29 is 19.4 Å². The van der Waals surface area contributed by atoms with E-state index in [-0.39, 0.29) is 12.2 Å². The molecule has 0 aromatic heterocycles. The summed E-state index contributed by atoms with van der Waals surface area (Å²) in [6, 6.07) is 12.2. The Morgan fingerprint density at radius 2 is 1.95 bits per heavy atom. The molecule has 0 aliphatic carbocycles. The number of ether oxygens (including phenoxy) is 1. The molecule has 0 amide bonds. The Kier molecular flexibility index (Phi) is 2.99. The van der Waals surface area contributed by atoms with Crippen molar-refractivity contribution in [3.8, 4) is 5.75 Å². The molecule has 0 saturated carbocycles. The highest BCUT2D eigenvalue weighted by Gasteiger charge is 2.22. The standard InChI is InChI=1S/C16H12O4/c17-15(18)8-10-5-6-11-9-20-14-4-2-1-3-12(14)16(19)13(11)7-10/h1-7H,8-9H2,(H,17,18). The number of hydrogen-bond acceptors (Lipinski definition) is 3. The van der Waals surface area contributed by atoms with Crippen molar-refractivity contribution in [3.05, 3.63) is 64.7 Å². The SMILES string of the molecule is O=C(O)Cc1ccc2c(c1)C(=O)c1ccccc1OC2. The molecule has 20 heavy (non-hydrogen) atoms. The molecule has 0 spiro atoms. The van der Waals surface area contributed by atoms with Gasteiger partial charge in [0.1, 0.15) is 12.4 Å². The number of carbonyl (C=O) groups excluding carboxylic acids is 1. The third kappa shape index (κ3) is 2.16. The third-order valence-electron chi connectivity index (χ3n) is 3.29. The van der Waals surface area contributed by atoms with Gasteiger partial charge in [-0.3, -0.25) is 9.59 Å². The number of carboxylic acid groups (broad SMARTS) is 1. The molecule has 0 bridgehead atoms. The predicted octanol–water partition coefficient (Wildman–Crippen LogP) is 2.44. The fraction of sp³-hybridized carbons (Fsp3) is 0.125. The summed E-state index contributed by atoms with van der Waals surface area (Å²) < 4.78 is 5.63. The molecule has 0 fully saturated rings. The maximum Gasteiger partial charge on any atom is 0.307 e. The zero-order chi connectivity index (χ0) is 14.1. The van der Waals surface area contributed by atoms with Gasteiger partial charge in [-0.25, -0.2) is 0 Å². The Balaban J connectivity index is 2.08. The van der Waals surface area contributed by atoms with Gasteiger partial charge in [0.25, 0.3) is 0 Å². The minimum atomic E-state index is -0.914. The molecule has 1 aliphatic rings. The average molecular weight is 268 g/mol. The van der Waals surface area contributed by atoms with Crippen molar-refractivity contribution in [2.45, 2.75) is 13.0 Å². The van der Waals surface area contributed by atoms with Crippen LogP contribution in [0.5, 0.6) is 5.75 Å². The van der Waals surface area contributed by atoms with Gasteiger partial charge < -0.3 is 9.84 Å². The Morgan fingerprint density at radius 1 is 1.15 bits per heavy atom. The summed E-state index contributed by atoms with van der Waals surface area (Å²) in [5.41, 5.74) is 2.43. The van der Waals surface area contributed by atoms with Crippen molar-refractivity contribution >= 4 is 11.8 Å². The molecule has 1 N–H and O–H groups in total. The molecule has 0 saturated heterocycles. The monoisotopic (exact) mass is 268 g/mol. The Hall–Kier alpha value is -2.62. The summed E-state index contributed by atoms with van der Waals surface area (Å²) in [6.45, 7) is 0.311. The summed E-state index contributed by atoms with van der Waals surface area (Å²) in [6.07, 6.45) is -0.0942. The third-order valence-corrected chi connectivity index (χ3v) is 3.29. The van der Waals surface area contributed by atoms with Crippen molar-refractivity contribution in [2.24, 2.45) is 0 Å². The van der Waals surface area contributed by atoms with Gasteiger partial charge in [-0.2, -0.15) is 0 Å². The molecule has 1 heterocycles. The second kappa shape index (κ2) is 4.81. The van der Waals surface area contributed by atoms with E-state index in [1.165, 1.54) is 0 Å². The second-order valence-corrected chi connectivity index (χ2v) is 4.68. The molecule has 2 aromatic carbocycles. The number of carbonyl (C=O) groups is 2. The summed E-state index contributed by atoms with van der Waals surface area (Å²) in [5, 5.41) is 8.84. The molecule has 0 atom stereocenters. The molecule has 2 aromatic rings. The summed E-state index contributed by atoms with van der Waals surface area (Å²) in [4.78, 5) is 23.3. The molecular formula is C16H12O4. The van der Waals surface area contributed by atoms with Gasteiger partial charge in [0, 0.05) is 11.1 Å². The van der Waals surface area contributed by atoms with E-state index in [0.29, 0.717) is 29.0 Å². The van der Waals surface area contributed by atoms with E-state index in [4.69, 9.17) is 9.84 Å². The van der Waals surface area contributed by atoms with Crippen LogP contribution >= 0.6 is 0 Å². The van der Waals surface area contributed by atoms with Crippen LogP contribution in [0.15, 0.2) is 42.5 Å². The van der Waals surface area contributed by atoms with Gasteiger partial charge in [-0.05, 0) is 23.8 Å². The number of rotatable bonds is 2. The lowest BCUT2D eigenvalue weighted by atomic mass is 9.96. The highest BCUT2D eigenvalue weighted by molar-refractivity contribution is 6.12. The van der Waals surface area contributed by atoms with Crippen molar-refractivity contribution in [1.29, 1.82) is 0 Å². The first kappa shape index (κ1) is 12.4. The van der Waals surface area contributed by atoms with Crippen LogP contribution < -0.4 is 4.74 Å². The molecule has 4 heteroatoms. The number of carboxylic acids is 1. The minimum absolute atomic E-state index is 0.0942. The smallest absolute Gasteiger partial charge is 0.307 e. The predicted molar refractivity (Wildman–Crippen MR) is 72.0 cm³/mol. The lowest BCUT2D eigenvalue weighted by Gasteiger charge is -2.06. The van der Waals surface area contributed by atoms with Crippen LogP contribution in [0.4, 0.5) is 0 Å².